The predicted octanol–water partition coefficient (Wildman–Crippen LogP) is 5.83. The van der Waals surface area contributed by atoms with E-state index in [1.165, 1.54) is 0 Å². The molecule has 0 spiro atoms. The van der Waals surface area contributed by atoms with Crippen molar-refractivity contribution in [3.8, 4) is 0 Å². The molecule has 0 radical (unpaired) electrons. The lowest BCUT2D eigenvalue weighted by atomic mass is 9.95. The monoisotopic (exact) mass is 503 g/mol. The van der Waals surface area contributed by atoms with Gasteiger partial charge in [-0.25, -0.2) is 4.79 Å². The molecule has 2 unspecified atom stereocenters. The van der Waals surface area contributed by atoms with Gasteiger partial charge in [-0.2, -0.15) is 0 Å². The number of rotatable bonds is 13. The van der Waals surface area contributed by atoms with Crippen LogP contribution in [-0.4, -0.2) is 47.5 Å². The molecular formula is C29H49N3O4. The second-order valence-electron chi connectivity index (χ2n) is 11.1. The molecule has 0 fully saturated rings. The standard InChI is InChI=1S/C29H49N3O4/c1-10-12-13-16-30-26(33)25(23-19-21(5)14-15-22(23)6)32(17-11-2)27(34)24(18-20(3)4)31-28(35)36-29(7,8)9/h14-15,19-20,24-25H,10-13,16-18H2,1-9H3,(H,30,33)(H,31,35). The molecule has 2 atom stereocenters. The van der Waals surface area contributed by atoms with E-state index in [9.17, 15) is 14.4 Å². The average Bonchev–Trinajstić information content (AvgIpc) is 2.76. The van der Waals surface area contributed by atoms with Gasteiger partial charge in [0, 0.05) is 13.1 Å². The fourth-order valence-electron chi connectivity index (χ4n) is 4.14. The van der Waals surface area contributed by atoms with Gasteiger partial charge in [-0.3, -0.25) is 9.59 Å². The topological polar surface area (TPSA) is 87.7 Å². The van der Waals surface area contributed by atoms with Gasteiger partial charge in [0.2, 0.25) is 11.8 Å². The highest BCUT2D eigenvalue weighted by molar-refractivity contribution is 5.92. The Morgan fingerprint density at radius 3 is 2.25 bits per heavy atom. The molecule has 0 aliphatic heterocycles. The first-order valence-corrected chi connectivity index (χ1v) is 13.5. The van der Waals surface area contributed by atoms with Gasteiger partial charge in [0.1, 0.15) is 17.7 Å². The van der Waals surface area contributed by atoms with Crippen LogP contribution in [-0.2, 0) is 14.3 Å². The molecule has 7 nitrogen and oxygen atoms in total. The molecule has 3 amide bonds. The molecule has 0 aliphatic carbocycles. The number of benzene rings is 1. The Balaban J connectivity index is 3.43. The molecule has 2 N–H and O–H groups in total. The van der Waals surface area contributed by atoms with Crippen molar-refractivity contribution in [3.05, 3.63) is 34.9 Å². The van der Waals surface area contributed by atoms with Gasteiger partial charge in [-0.15, -0.1) is 0 Å². The Labute approximate surface area is 218 Å². The highest BCUT2D eigenvalue weighted by atomic mass is 16.6. The number of hydrogen-bond donors (Lipinski definition) is 2. The smallest absolute Gasteiger partial charge is 0.408 e. The number of hydrogen-bond acceptors (Lipinski definition) is 4. The van der Waals surface area contributed by atoms with Crippen molar-refractivity contribution in [2.75, 3.05) is 13.1 Å². The average molecular weight is 504 g/mol. The van der Waals surface area contributed by atoms with Crippen LogP contribution in [0, 0.1) is 19.8 Å². The lowest BCUT2D eigenvalue weighted by Gasteiger charge is -2.35. The number of unbranched alkanes of at least 4 members (excludes halogenated alkanes) is 2. The van der Waals surface area contributed by atoms with Crippen molar-refractivity contribution < 1.29 is 19.1 Å². The van der Waals surface area contributed by atoms with Gasteiger partial charge in [-0.1, -0.05) is 64.3 Å². The van der Waals surface area contributed by atoms with Gasteiger partial charge in [0.05, 0.1) is 0 Å². The molecule has 1 rings (SSSR count). The third kappa shape index (κ3) is 10.6. The van der Waals surface area contributed by atoms with E-state index in [-0.39, 0.29) is 17.7 Å². The van der Waals surface area contributed by atoms with E-state index >= 15 is 0 Å². The van der Waals surface area contributed by atoms with Crippen molar-refractivity contribution in [2.24, 2.45) is 5.92 Å². The molecule has 0 aromatic heterocycles. The third-order valence-electron chi connectivity index (χ3n) is 5.81. The Hall–Kier alpha value is -2.57. The lowest BCUT2D eigenvalue weighted by molar-refractivity contribution is -0.142. The Kier molecular flexibility index (Phi) is 13.0. The number of nitrogens with one attached hydrogen (secondary N) is 2. The fourth-order valence-corrected chi connectivity index (χ4v) is 4.14. The molecule has 0 saturated heterocycles. The quantitative estimate of drug-likeness (QED) is 0.332. The predicted molar refractivity (Wildman–Crippen MR) is 146 cm³/mol. The molecule has 0 bridgehead atoms. The largest absolute Gasteiger partial charge is 0.444 e. The zero-order chi connectivity index (χ0) is 27.5. The zero-order valence-electron chi connectivity index (χ0n) is 24.0. The summed E-state index contributed by atoms with van der Waals surface area (Å²) in [6, 6.07) is 4.40. The summed E-state index contributed by atoms with van der Waals surface area (Å²) in [5, 5.41) is 5.85. The van der Waals surface area contributed by atoms with Gasteiger partial charge in [-0.05, 0) is 70.9 Å². The summed E-state index contributed by atoms with van der Waals surface area (Å²) in [4.78, 5) is 41.9. The van der Waals surface area contributed by atoms with Gasteiger partial charge in [0.15, 0.2) is 0 Å². The maximum Gasteiger partial charge on any atom is 0.408 e. The van der Waals surface area contributed by atoms with Crippen LogP contribution in [0.5, 0.6) is 0 Å². The highest BCUT2D eigenvalue weighted by Gasteiger charge is 2.36. The van der Waals surface area contributed by atoms with Crippen LogP contribution in [0.3, 0.4) is 0 Å². The minimum atomic E-state index is -0.799. The first-order valence-electron chi connectivity index (χ1n) is 13.5. The number of carbonyl (C=O) groups excluding carboxylic acids is 3. The summed E-state index contributed by atoms with van der Waals surface area (Å²) in [5.41, 5.74) is 2.10. The van der Waals surface area contributed by atoms with Crippen LogP contribution in [0.25, 0.3) is 0 Å². The summed E-state index contributed by atoms with van der Waals surface area (Å²) < 4.78 is 5.44. The van der Waals surface area contributed by atoms with Crippen LogP contribution < -0.4 is 10.6 Å². The van der Waals surface area contributed by atoms with Gasteiger partial charge >= 0.3 is 6.09 Å². The van der Waals surface area contributed by atoms with E-state index in [2.05, 4.69) is 17.6 Å². The number of carbonyl (C=O) groups is 3. The normalized spacial score (nSPS) is 13.2. The van der Waals surface area contributed by atoms with E-state index < -0.39 is 23.8 Å². The van der Waals surface area contributed by atoms with E-state index in [1.807, 2.05) is 52.8 Å². The van der Waals surface area contributed by atoms with Crippen molar-refractivity contribution >= 4 is 17.9 Å². The van der Waals surface area contributed by atoms with Crippen LogP contribution in [0.1, 0.15) is 103 Å². The van der Waals surface area contributed by atoms with Crippen LogP contribution >= 0.6 is 0 Å². The van der Waals surface area contributed by atoms with E-state index in [0.717, 1.165) is 36.0 Å². The molecule has 0 heterocycles. The molecule has 7 heteroatoms. The molecule has 204 valence electrons. The zero-order valence-corrected chi connectivity index (χ0v) is 24.0. The van der Waals surface area contributed by atoms with Crippen LogP contribution in [0.4, 0.5) is 4.79 Å². The van der Waals surface area contributed by atoms with Crippen molar-refractivity contribution in [1.29, 1.82) is 0 Å². The summed E-state index contributed by atoms with van der Waals surface area (Å²) in [6.07, 6.45) is 3.46. The Bertz CT molecular complexity index is 861. The van der Waals surface area contributed by atoms with Crippen molar-refractivity contribution in [3.63, 3.8) is 0 Å². The molecule has 1 aromatic carbocycles. The Morgan fingerprint density at radius 2 is 1.69 bits per heavy atom. The van der Waals surface area contributed by atoms with Crippen LogP contribution in [0.2, 0.25) is 0 Å². The minimum absolute atomic E-state index is 0.152. The highest BCUT2D eigenvalue weighted by Crippen LogP contribution is 2.28. The Morgan fingerprint density at radius 1 is 1.03 bits per heavy atom. The third-order valence-corrected chi connectivity index (χ3v) is 5.81. The van der Waals surface area contributed by atoms with Crippen LogP contribution in [0.15, 0.2) is 18.2 Å². The maximum absolute atomic E-state index is 14.0. The van der Waals surface area contributed by atoms with E-state index in [0.29, 0.717) is 25.9 Å². The van der Waals surface area contributed by atoms with Gasteiger partial charge in [0.25, 0.3) is 0 Å². The first-order chi connectivity index (χ1) is 16.8. The molecule has 36 heavy (non-hydrogen) atoms. The summed E-state index contributed by atoms with van der Waals surface area (Å²) in [6.45, 7) is 18.4. The number of ether oxygens (including phenoxy) is 1. The minimum Gasteiger partial charge on any atom is -0.444 e. The molecule has 0 saturated carbocycles. The van der Waals surface area contributed by atoms with E-state index in [4.69, 9.17) is 4.74 Å². The summed E-state index contributed by atoms with van der Waals surface area (Å²) >= 11 is 0. The molecular weight excluding hydrogens is 454 g/mol. The van der Waals surface area contributed by atoms with Crippen molar-refractivity contribution in [1.82, 2.24) is 15.5 Å². The van der Waals surface area contributed by atoms with E-state index in [1.54, 1.807) is 25.7 Å². The molecule has 1 aromatic rings. The first kappa shape index (κ1) is 31.5. The number of alkyl carbamates (subject to hydrolysis) is 1. The number of aryl methyl sites for hydroxylation is 2. The molecule has 0 aliphatic rings. The SMILES string of the molecule is CCCCCNC(=O)C(c1cc(C)ccc1C)N(CCC)C(=O)C(CC(C)C)NC(=O)OC(C)(C)C. The van der Waals surface area contributed by atoms with Crippen molar-refractivity contribution in [2.45, 2.75) is 112 Å². The maximum atomic E-state index is 14.0. The number of nitrogens with zero attached hydrogens (tertiary/aromatic N) is 1. The lowest BCUT2D eigenvalue weighted by Crippen LogP contribution is -2.53. The summed E-state index contributed by atoms with van der Waals surface area (Å²) in [7, 11) is 0. The second-order valence-corrected chi connectivity index (χ2v) is 11.1. The summed E-state index contributed by atoms with van der Waals surface area (Å²) in [5.74, 6) is -0.312. The number of amides is 3. The fraction of sp³-hybridized carbons (Fsp3) is 0.690. The van der Waals surface area contributed by atoms with Gasteiger partial charge < -0.3 is 20.3 Å². The second kappa shape index (κ2) is 14.9.